The molecule has 0 aromatic heterocycles. The van der Waals surface area contributed by atoms with Gasteiger partial charge in [-0.2, -0.15) is 0 Å². The Morgan fingerprint density at radius 3 is 2.40 bits per heavy atom. The summed E-state index contributed by atoms with van der Waals surface area (Å²) in [5.74, 6) is 1.61. The Kier molecular flexibility index (Phi) is 5.50. The second kappa shape index (κ2) is 6.69. The van der Waals surface area contributed by atoms with E-state index in [2.05, 4.69) is 15.9 Å². The number of rotatable bonds is 6. The molecule has 3 nitrogen and oxygen atoms in total. The summed E-state index contributed by atoms with van der Waals surface area (Å²) < 4.78 is 15.6. The molecular weight excluding hydrogens is 260 g/mol. The Labute approximate surface area is 98.5 Å². The third-order valence-electron chi connectivity index (χ3n) is 1.89. The van der Waals surface area contributed by atoms with E-state index in [1.807, 2.05) is 18.2 Å². The van der Waals surface area contributed by atoms with Gasteiger partial charge in [0.25, 0.3) is 0 Å². The molecule has 84 valence electrons. The zero-order chi connectivity index (χ0) is 11.1. The Balaban J connectivity index is 2.68. The molecule has 0 aliphatic rings. The highest BCUT2D eigenvalue weighted by molar-refractivity contribution is 9.08. The third-order valence-corrected chi connectivity index (χ3v) is 2.53. The normalized spacial score (nSPS) is 10.1. The van der Waals surface area contributed by atoms with Crippen molar-refractivity contribution >= 4 is 15.9 Å². The third kappa shape index (κ3) is 4.10. The Hall–Kier alpha value is -0.740. The van der Waals surface area contributed by atoms with Gasteiger partial charge in [-0.05, 0) is 17.7 Å². The molecule has 1 aromatic carbocycles. The quantitative estimate of drug-likeness (QED) is 0.590. The molecule has 0 bridgehead atoms. The molecule has 0 N–H and O–H groups in total. The highest BCUT2D eigenvalue weighted by atomic mass is 79.9. The lowest BCUT2D eigenvalue weighted by Gasteiger charge is -2.09. The van der Waals surface area contributed by atoms with Crippen LogP contribution < -0.4 is 9.47 Å². The minimum absolute atomic E-state index is 0.547. The first kappa shape index (κ1) is 12.3. The van der Waals surface area contributed by atoms with E-state index < -0.39 is 0 Å². The summed E-state index contributed by atoms with van der Waals surface area (Å²) in [6.07, 6.45) is 0. The van der Waals surface area contributed by atoms with E-state index in [0.717, 1.165) is 22.4 Å². The van der Waals surface area contributed by atoms with Crippen molar-refractivity contribution in [2.24, 2.45) is 0 Å². The Bertz CT molecular complexity index is 280. The molecule has 0 saturated heterocycles. The van der Waals surface area contributed by atoms with Crippen LogP contribution in [0.15, 0.2) is 18.2 Å². The second-order valence-electron chi connectivity index (χ2n) is 2.99. The van der Waals surface area contributed by atoms with Gasteiger partial charge >= 0.3 is 0 Å². The van der Waals surface area contributed by atoms with Crippen LogP contribution in [0, 0.1) is 0 Å². The topological polar surface area (TPSA) is 27.7 Å². The largest absolute Gasteiger partial charge is 0.497 e. The zero-order valence-electron chi connectivity index (χ0n) is 8.96. The van der Waals surface area contributed by atoms with Crippen LogP contribution in [0.1, 0.15) is 5.56 Å². The summed E-state index contributed by atoms with van der Waals surface area (Å²) in [6, 6.07) is 5.81. The molecule has 1 rings (SSSR count). The first-order valence-electron chi connectivity index (χ1n) is 4.65. The van der Waals surface area contributed by atoms with E-state index in [1.54, 1.807) is 14.2 Å². The van der Waals surface area contributed by atoms with E-state index in [4.69, 9.17) is 14.2 Å². The molecule has 0 unspecified atom stereocenters. The maximum atomic E-state index is 5.51. The fourth-order valence-corrected chi connectivity index (χ4v) is 1.48. The van der Waals surface area contributed by atoms with Crippen molar-refractivity contribution in [3.63, 3.8) is 0 Å². The van der Waals surface area contributed by atoms with Gasteiger partial charge in [0, 0.05) is 18.5 Å². The summed E-state index contributed by atoms with van der Waals surface area (Å²) in [6.45, 7) is 1.13. The summed E-state index contributed by atoms with van der Waals surface area (Å²) in [5.41, 5.74) is 1.13. The van der Waals surface area contributed by atoms with Crippen molar-refractivity contribution in [2.75, 3.05) is 27.4 Å². The number of hydrogen-bond donors (Lipinski definition) is 0. The van der Waals surface area contributed by atoms with Crippen molar-refractivity contribution in [1.82, 2.24) is 0 Å². The summed E-state index contributed by atoms with van der Waals surface area (Å²) in [5, 5.41) is 0.783. The molecule has 0 aliphatic carbocycles. The van der Waals surface area contributed by atoms with Gasteiger partial charge in [0.2, 0.25) is 0 Å². The highest BCUT2D eigenvalue weighted by Crippen LogP contribution is 2.24. The number of benzene rings is 1. The first-order chi connectivity index (χ1) is 7.30. The van der Waals surface area contributed by atoms with Crippen LogP contribution >= 0.6 is 15.9 Å². The molecule has 0 amide bonds. The van der Waals surface area contributed by atoms with Crippen molar-refractivity contribution in [3.05, 3.63) is 23.8 Å². The molecule has 0 atom stereocenters. The van der Waals surface area contributed by atoms with Crippen LogP contribution in [0.4, 0.5) is 0 Å². The van der Waals surface area contributed by atoms with E-state index in [0.29, 0.717) is 13.2 Å². The monoisotopic (exact) mass is 274 g/mol. The van der Waals surface area contributed by atoms with Crippen LogP contribution in [0.5, 0.6) is 11.5 Å². The van der Waals surface area contributed by atoms with Gasteiger partial charge in [0.05, 0.1) is 13.7 Å². The molecule has 0 radical (unpaired) electrons. The number of alkyl halides is 1. The lowest BCUT2D eigenvalue weighted by atomic mass is 10.2. The zero-order valence-corrected chi connectivity index (χ0v) is 10.5. The number of ether oxygens (including phenoxy) is 3. The van der Waals surface area contributed by atoms with Crippen molar-refractivity contribution in [1.29, 1.82) is 0 Å². The van der Waals surface area contributed by atoms with Gasteiger partial charge in [0.1, 0.15) is 18.1 Å². The molecular formula is C11H15BrO3. The summed E-state index contributed by atoms with van der Waals surface area (Å²) in [7, 11) is 3.30. The van der Waals surface area contributed by atoms with Gasteiger partial charge in [-0.1, -0.05) is 15.9 Å². The summed E-state index contributed by atoms with van der Waals surface area (Å²) >= 11 is 3.40. The van der Waals surface area contributed by atoms with Crippen molar-refractivity contribution in [3.8, 4) is 11.5 Å². The molecule has 1 aromatic rings. The molecule has 4 heteroatoms. The molecule has 15 heavy (non-hydrogen) atoms. The van der Waals surface area contributed by atoms with Gasteiger partial charge in [-0.3, -0.25) is 0 Å². The Morgan fingerprint density at radius 1 is 1.07 bits per heavy atom. The number of halogens is 1. The maximum absolute atomic E-state index is 5.51. The van der Waals surface area contributed by atoms with E-state index in [1.165, 1.54) is 0 Å². The van der Waals surface area contributed by atoms with Crippen molar-refractivity contribution in [2.45, 2.75) is 5.33 Å². The van der Waals surface area contributed by atoms with Gasteiger partial charge in [-0.25, -0.2) is 0 Å². The first-order valence-corrected chi connectivity index (χ1v) is 5.78. The molecule has 0 aliphatic heterocycles. The fraction of sp³-hybridized carbons (Fsp3) is 0.455. The molecule has 0 saturated carbocycles. The van der Waals surface area contributed by atoms with Crippen LogP contribution in [0.2, 0.25) is 0 Å². The fourth-order valence-electron chi connectivity index (χ4n) is 1.15. The maximum Gasteiger partial charge on any atom is 0.123 e. The summed E-state index contributed by atoms with van der Waals surface area (Å²) in [4.78, 5) is 0. The van der Waals surface area contributed by atoms with E-state index >= 15 is 0 Å². The molecule has 0 spiro atoms. The van der Waals surface area contributed by atoms with Gasteiger partial charge < -0.3 is 14.2 Å². The Morgan fingerprint density at radius 2 is 1.80 bits per heavy atom. The number of methoxy groups -OCH3 is 2. The minimum atomic E-state index is 0.547. The minimum Gasteiger partial charge on any atom is -0.497 e. The van der Waals surface area contributed by atoms with Crippen LogP contribution in [0.25, 0.3) is 0 Å². The second-order valence-corrected chi connectivity index (χ2v) is 3.55. The highest BCUT2D eigenvalue weighted by Gasteiger charge is 2.01. The van der Waals surface area contributed by atoms with Gasteiger partial charge in [0.15, 0.2) is 0 Å². The standard InChI is InChI=1S/C11H15BrO3/c1-13-3-4-15-11-6-9(8-12)5-10(7-11)14-2/h5-7H,3-4,8H2,1-2H3. The van der Waals surface area contributed by atoms with Crippen LogP contribution in [-0.2, 0) is 10.1 Å². The lowest BCUT2D eigenvalue weighted by molar-refractivity contribution is 0.146. The average Bonchev–Trinajstić information content (AvgIpc) is 2.29. The SMILES string of the molecule is COCCOc1cc(CBr)cc(OC)c1. The van der Waals surface area contributed by atoms with Crippen molar-refractivity contribution < 1.29 is 14.2 Å². The van der Waals surface area contributed by atoms with E-state index in [-0.39, 0.29) is 0 Å². The number of hydrogen-bond acceptors (Lipinski definition) is 3. The van der Waals surface area contributed by atoms with Gasteiger partial charge in [-0.15, -0.1) is 0 Å². The molecule has 0 heterocycles. The predicted octanol–water partition coefficient (Wildman–Crippen LogP) is 2.62. The lowest BCUT2D eigenvalue weighted by Crippen LogP contribution is -2.04. The smallest absolute Gasteiger partial charge is 0.123 e. The van der Waals surface area contributed by atoms with E-state index in [9.17, 15) is 0 Å². The average molecular weight is 275 g/mol. The van der Waals surface area contributed by atoms with Crippen LogP contribution in [0.3, 0.4) is 0 Å². The predicted molar refractivity (Wildman–Crippen MR) is 63.0 cm³/mol. The molecule has 0 fully saturated rings. The van der Waals surface area contributed by atoms with Crippen LogP contribution in [-0.4, -0.2) is 27.4 Å².